The number of rotatable bonds is 5. The third-order valence-electron chi connectivity index (χ3n) is 2.07. The minimum atomic E-state index is -0.538. The molecule has 98 valence electrons. The third-order valence-corrected chi connectivity index (χ3v) is 2.07. The van der Waals surface area contributed by atoms with Crippen LogP contribution in [0.5, 0.6) is 0 Å². The number of nitrogens with two attached hydrogens (primary N) is 1. The molecule has 0 saturated carbocycles. The first-order valence-electron chi connectivity index (χ1n) is 5.62. The molecule has 5 heteroatoms. The van der Waals surface area contributed by atoms with E-state index in [1.807, 2.05) is 0 Å². The van der Waals surface area contributed by atoms with Crippen LogP contribution in [0, 0.1) is 0 Å². The third kappa shape index (κ3) is 4.18. The molecule has 0 fully saturated rings. The van der Waals surface area contributed by atoms with Crippen LogP contribution in [0.25, 0.3) is 0 Å². The van der Waals surface area contributed by atoms with Crippen molar-refractivity contribution in [2.75, 3.05) is 12.3 Å². The highest BCUT2D eigenvalue weighted by atomic mass is 16.7. The maximum atomic E-state index is 12.0. The van der Waals surface area contributed by atoms with Crippen LogP contribution in [-0.4, -0.2) is 29.4 Å². The molecule has 0 atom stereocenters. The summed E-state index contributed by atoms with van der Waals surface area (Å²) in [5, 5.41) is 0.981. The smallest absolute Gasteiger partial charge is 0.233 e. The number of anilines is 1. The second-order valence-electron chi connectivity index (χ2n) is 4.89. The first-order valence-corrected chi connectivity index (χ1v) is 5.62. The van der Waals surface area contributed by atoms with Crippen molar-refractivity contribution in [1.29, 1.82) is 0 Å². The number of hydrogen-bond donors (Lipinski definition) is 1. The Balaban J connectivity index is 2.75. The predicted molar refractivity (Wildman–Crippen MR) is 68.8 cm³/mol. The Kier molecular flexibility index (Phi) is 4.44. The molecule has 0 aliphatic rings. The Morgan fingerprint density at radius 3 is 2.50 bits per heavy atom. The summed E-state index contributed by atoms with van der Waals surface area (Å²) in [5.41, 5.74) is 5.94. The Hall–Kier alpha value is -1.88. The maximum Gasteiger partial charge on any atom is 0.233 e. The summed E-state index contributed by atoms with van der Waals surface area (Å²) in [6.45, 7) is 5.23. The van der Waals surface area contributed by atoms with E-state index >= 15 is 0 Å². The van der Waals surface area contributed by atoms with Gasteiger partial charge in [0.2, 0.25) is 6.41 Å². The van der Waals surface area contributed by atoms with E-state index in [4.69, 9.17) is 10.6 Å². The molecule has 0 aliphatic heterocycles. The molecule has 0 bridgehead atoms. The van der Waals surface area contributed by atoms with Gasteiger partial charge in [-0.05, 0) is 32.9 Å². The number of amides is 1. The molecule has 0 radical (unpaired) electrons. The van der Waals surface area contributed by atoms with Crippen LogP contribution in [0.2, 0.25) is 0 Å². The highest BCUT2D eigenvalue weighted by molar-refractivity contribution is 6.02. The number of ketones is 1. The molecular weight excluding hydrogens is 232 g/mol. The van der Waals surface area contributed by atoms with Crippen LogP contribution in [0.15, 0.2) is 24.3 Å². The predicted octanol–water partition coefficient (Wildman–Crippen LogP) is 1.64. The second-order valence-corrected chi connectivity index (χ2v) is 4.89. The minimum absolute atomic E-state index is 0.158. The number of nitrogen functional groups attached to an aromatic ring is 1. The van der Waals surface area contributed by atoms with Crippen molar-refractivity contribution >= 4 is 17.9 Å². The van der Waals surface area contributed by atoms with Crippen LogP contribution in [-0.2, 0) is 9.63 Å². The molecule has 2 N–H and O–H groups in total. The molecule has 0 spiro atoms. The molecule has 1 aromatic rings. The summed E-state index contributed by atoms with van der Waals surface area (Å²) in [5.74, 6) is -0.260. The van der Waals surface area contributed by atoms with Gasteiger partial charge in [0.15, 0.2) is 5.78 Å². The summed E-state index contributed by atoms with van der Waals surface area (Å²) in [6, 6.07) is 6.73. The van der Waals surface area contributed by atoms with Crippen molar-refractivity contribution in [3.63, 3.8) is 0 Å². The lowest BCUT2D eigenvalue weighted by Gasteiger charge is -2.26. The van der Waals surface area contributed by atoms with E-state index in [9.17, 15) is 9.59 Å². The Morgan fingerprint density at radius 2 is 2.00 bits per heavy atom. The molecule has 0 aliphatic carbocycles. The number of carbonyl (C=O) groups excluding carboxylic acids is 2. The highest BCUT2D eigenvalue weighted by Crippen LogP contribution is 2.14. The lowest BCUT2D eigenvalue weighted by Crippen LogP contribution is -2.36. The van der Waals surface area contributed by atoms with Crippen molar-refractivity contribution in [1.82, 2.24) is 5.06 Å². The SMILES string of the molecule is CC(C)(C)ON(C=O)CC(=O)c1ccccc1N. The van der Waals surface area contributed by atoms with Crippen LogP contribution in [0.3, 0.4) is 0 Å². The summed E-state index contributed by atoms with van der Waals surface area (Å²) in [6.07, 6.45) is 0.488. The number of Topliss-reactive ketones (excluding diaryl/α,β-unsaturated/α-hetero) is 1. The average Bonchev–Trinajstić information content (AvgIpc) is 2.26. The van der Waals surface area contributed by atoms with Gasteiger partial charge in [0.05, 0.1) is 5.60 Å². The molecule has 5 nitrogen and oxygen atoms in total. The van der Waals surface area contributed by atoms with Gasteiger partial charge >= 0.3 is 0 Å². The van der Waals surface area contributed by atoms with Crippen LogP contribution < -0.4 is 5.73 Å². The lowest BCUT2D eigenvalue weighted by molar-refractivity contribution is -0.211. The fraction of sp³-hybridized carbons (Fsp3) is 0.385. The van der Waals surface area contributed by atoms with E-state index in [1.165, 1.54) is 0 Å². The highest BCUT2D eigenvalue weighted by Gasteiger charge is 2.19. The topological polar surface area (TPSA) is 72.6 Å². The Bertz CT molecular complexity index is 438. The maximum absolute atomic E-state index is 12.0. The Labute approximate surface area is 106 Å². The van der Waals surface area contributed by atoms with E-state index in [1.54, 1.807) is 45.0 Å². The summed E-state index contributed by atoms with van der Waals surface area (Å²) < 4.78 is 0. The standard InChI is InChI=1S/C13H18N2O3/c1-13(2,3)18-15(9-16)8-12(17)10-6-4-5-7-11(10)14/h4-7,9H,8,14H2,1-3H3. The van der Waals surface area contributed by atoms with E-state index in [2.05, 4.69) is 0 Å². The van der Waals surface area contributed by atoms with Gasteiger partial charge in [-0.15, -0.1) is 0 Å². The molecule has 1 rings (SSSR count). The second kappa shape index (κ2) is 5.64. The summed E-state index contributed by atoms with van der Waals surface area (Å²) in [4.78, 5) is 28.1. The quantitative estimate of drug-likeness (QED) is 0.373. The van der Waals surface area contributed by atoms with Crippen LogP contribution in [0.4, 0.5) is 5.69 Å². The molecule has 0 aromatic heterocycles. The number of hydroxylamine groups is 2. The average molecular weight is 250 g/mol. The van der Waals surface area contributed by atoms with Gasteiger partial charge in [0.1, 0.15) is 6.54 Å². The summed E-state index contributed by atoms with van der Waals surface area (Å²) in [7, 11) is 0. The van der Waals surface area contributed by atoms with Crippen molar-refractivity contribution < 1.29 is 14.4 Å². The van der Waals surface area contributed by atoms with Crippen molar-refractivity contribution in [2.24, 2.45) is 0 Å². The zero-order chi connectivity index (χ0) is 13.8. The molecule has 1 amide bonds. The van der Waals surface area contributed by atoms with Gasteiger partial charge in [-0.2, -0.15) is 0 Å². The number of benzene rings is 1. The van der Waals surface area contributed by atoms with Gasteiger partial charge in [0, 0.05) is 11.3 Å². The number of nitrogens with zero attached hydrogens (tertiary/aromatic N) is 1. The number of carbonyl (C=O) groups is 2. The molecule has 0 saturated heterocycles. The van der Waals surface area contributed by atoms with Gasteiger partial charge in [-0.1, -0.05) is 12.1 Å². The van der Waals surface area contributed by atoms with E-state index < -0.39 is 5.60 Å². The lowest BCUT2D eigenvalue weighted by atomic mass is 10.1. The van der Waals surface area contributed by atoms with Crippen molar-refractivity contribution in [3.8, 4) is 0 Å². The zero-order valence-electron chi connectivity index (χ0n) is 10.8. The van der Waals surface area contributed by atoms with E-state index in [-0.39, 0.29) is 12.3 Å². The molecule has 18 heavy (non-hydrogen) atoms. The van der Waals surface area contributed by atoms with Crippen molar-refractivity contribution in [2.45, 2.75) is 26.4 Å². The first-order chi connectivity index (χ1) is 8.33. The van der Waals surface area contributed by atoms with Gasteiger partial charge in [0.25, 0.3) is 0 Å². The van der Waals surface area contributed by atoms with Crippen LogP contribution in [0.1, 0.15) is 31.1 Å². The van der Waals surface area contributed by atoms with Gasteiger partial charge in [-0.3, -0.25) is 14.4 Å². The zero-order valence-corrected chi connectivity index (χ0v) is 10.8. The Morgan fingerprint density at radius 1 is 1.39 bits per heavy atom. The fourth-order valence-corrected chi connectivity index (χ4v) is 1.42. The molecular formula is C13H18N2O3. The van der Waals surface area contributed by atoms with Crippen molar-refractivity contribution in [3.05, 3.63) is 29.8 Å². The number of hydrogen-bond acceptors (Lipinski definition) is 4. The fourth-order valence-electron chi connectivity index (χ4n) is 1.42. The number of para-hydroxylation sites is 1. The molecule has 1 aromatic carbocycles. The van der Waals surface area contributed by atoms with Gasteiger partial charge < -0.3 is 5.73 Å². The van der Waals surface area contributed by atoms with Crippen LogP contribution >= 0.6 is 0 Å². The monoisotopic (exact) mass is 250 g/mol. The first kappa shape index (κ1) is 14.2. The minimum Gasteiger partial charge on any atom is -0.398 e. The normalized spacial score (nSPS) is 11.1. The van der Waals surface area contributed by atoms with E-state index in [0.717, 1.165) is 5.06 Å². The molecule has 0 unspecified atom stereocenters. The van der Waals surface area contributed by atoms with Gasteiger partial charge in [-0.25, -0.2) is 5.06 Å². The summed E-state index contributed by atoms with van der Waals surface area (Å²) >= 11 is 0. The molecule has 0 heterocycles. The van der Waals surface area contributed by atoms with E-state index in [0.29, 0.717) is 17.7 Å². The largest absolute Gasteiger partial charge is 0.398 e.